The zero-order chi connectivity index (χ0) is 22.9. The lowest BCUT2D eigenvalue weighted by atomic mass is 10.1. The number of nitrogens with one attached hydrogen (secondary N) is 1. The first-order valence-corrected chi connectivity index (χ1v) is 11.2. The minimum atomic E-state index is -0.654. The minimum absolute atomic E-state index is 0.240. The molecule has 1 N–H and O–H groups in total. The molecule has 1 fully saturated rings. The molecule has 5 nitrogen and oxygen atoms in total. The Balaban J connectivity index is 1.47. The molecule has 1 saturated heterocycles. The van der Waals surface area contributed by atoms with Crippen LogP contribution in [0.25, 0.3) is 22.2 Å². The van der Waals surface area contributed by atoms with Crippen LogP contribution in [-0.4, -0.2) is 28.0 Å². The van der Waals surface area contributed by atoms with Gasteiger partial charge < -0.3 is 9.88 Å². The van der Waals surface area contributed by atoms with E-state index in [-0.39, 0.29) is 5.56 Å². The summed E-state index contributed by atoms with van der Waals surface area (Å²) < 4.78 is 27.0. The summed E-state index contributed by atoms with van der Waals surface area (Å²) in [5, 5.41) is 0.977. The van der Waals surface area contributed by atoms with E-state index in [9.17, 15) is 13.6 Å². The summed E-state index contributed by atoms with van der Waals surface area (Å²) in [5.74, 6) is -0.795. The van der Waals surface area contributed by atoms with E-state index in [4.69, 9.17) is 16.6 Å². The molecule has 5 rings (SSSR count). The standard InChI is InChI=1S/C25H21ClF2N4O/c26-17-11-20-24(22(12-17)32-6-2-1-3-7-32)30-23(31-25(20)33)8-15-4-5-21(29-14-15)16-9-18(27)13-19(28)10-16/h4-5,9-14H,1-3,6-8H2,(H,30,31,33). The number of aromatic nitrogens is 3. The van der Waals surface area contributed by atoms with E-state index in [0.29, 0.717) is 39.4 Å². The van der Waals surface area contributed by atoms with Crippen LogP contribution >= 0.6 is 11.6 Å². The van der Waals surface area contributed by atoms with Gasteiger partial charge in [0.25, 0.3) is 5.56 Å². The molecule has 0 aliphatic carbocycles. The van der Waals surface area contributed by atoms with Crippen molar-refractivity contribution in [3.05, 3.63) is 87.1 Å². The van der Waals surface area contributed by atoms with Crippen molar-refractivity contribution in [1.29, 1.82) is 0 Å². The summed E-state index contributed by atoms with van der Waals surface area (Å²) in [4.78, 5) is 27.0. The van der Waals surface area contributed by atoms with Crippen molar-refractivity contribution in [3.63, 3.8) is 0 Å². The number of nitrogens with zero attached hydrogens (tertiary/aromatic N) is 3. The lowest BCUT2D eigenvalue weighted by molar-refractivity contribution is 0.578. The summed E-state index contributed by atoms with van der Waals surface area (Å²) in [5.41, 5.74) is 2.91. The first kappa shape index (κ1) is 21.5. The molecule has 1 aliphatic rings. The Hall–Kier alpha value is -3.32. The molecule has 0 atom stereocenters. The average Bonchev–Trinajstić information content (AvgIpc) is 2.80. The fourth-order valence-corrected chi connectivity index (χ4v) is 4.50. The van der Waals surface area contributed by atoms with Gasteiger partial charge in [-0.05, 0) is 55.2 Å². The fourth-order valence-electron chi connectivity index (χ4n) is 4.29. The molecule has 0 spiro atoms. The highest BCUT2D eigenvalue weighted by Crippen LogP contribution is 2.30. The molecule has 0 saturated carbocycles. The zero-order valence-electron chi connectivity index (χ0n) is 17.7. The Morgan fingerprint density at radius 2 is 1.76 bits per heavy atom. The number of hydrogen-bond donors (Lipinski definition) is 1. The van der Waals surface area contributed by atoms with Gasteiger partial charge in [0.1, 0.15) is 23.0 Å². The molecule has 8 heteroatoms. The molecule has 168 valence electrons. The molecule has 4 aromatic rings. The predicted octanol–water partition coefficient (Wildman–Crippen LogP) is 5.50. The second-order valence-electron chi connectivity index (χ2n) is 8.27. The van der Waals surface area contributed by atoms with Gasteiger partial charge in [-0.1, -0.05) is 17.7 Å². The van der Waals surface area contributed by atoms with Gasteiger partial charge in [0.05, 0.1) is 16.8 Å². The Kier molecular flexibility index (Phi) is 5.81. The molecule has 0 radical (unpaired) electrons. The third kappa shape index (κ3) is 4.59. The Morgan fingerprint density at radius 3 is 2.45 bits per heavy atom. The van der Waals surface area contributed by atoms with Gasteiger partial charge in [-0.25, -0.2) is 13.8 Å². The SMILES string of the molecule is O=c1[nH]c(Cc2ccc(-c3cc(F)cc(F)c3)nc2)nc2c(N3CCCCC3)cc(Cl)cc12. The van der Waals surface area contributed by atoms with Gasteiger partial charge in [0, 0.05) is 42.4 Å². The van der Waals surface area contributed by atoms with Crippen LogP contribution in [0.5, 0.6) is 0 Å². The van der Waals surface area contributed by atoms with Gasteiger partial charge in [0.2, 0.25) is 0 Å². The van der Waals surface area contributed by atoms with E-state index in [2.05, 4.69) is 14.9 Å². The first-order chi connectivity index (χ1) is 16.0. The highest BCUT2D eigenvalue weighted by Gasteiger charge is 2.18. The van der Waals surface area contributed by atoms with Crippen LogP contribution in [0.4, 0.5) is 14.5 Å². The molecule has 3 heterocycles. The van der Waals surface area contributed by atoms with Crippen molar-refractivity contribution < 1.29 is 8.78 Å². The summed E-state index contributed by atoms with van der Waals surface area (Å²) in [6.07, 6.45) is 5.36. The van der Waals surface area contributed by atoms with Crippen LogP contribution in [-0.2, 0) is 6.42 Å². The number of aromatic amines is 1. The second kappa shape index (κ2) is 8.90. The van der Waals surface area contributed by atoms with Crippen LogP contribution < -0.4 is 10.5 Å². The molecular formula is C25H21ClF2N4O. The highest BCUT2D eigenvalue weighted by molar-refractivity contribution is 6.31. The van der Waals surface area contributed by atoms with E-state index in [1.807, 2.05) is 12.1 Å². The number of halogens is 3. The molecule has 0 unspecified atom stereocenters. The zero-order valence-corrected chi connectivity index (χ0v) is 18.5. The number of rotatable bonds is 4. The number of pyridine rings is 1. The fraction of sp³-hybridized carbons (Fsp3) is 0.240. The van der Waals surface area contributed by atoms with Gasteiger partial charge in [0.15, 0.2) is 0 Å². The topological polar surface area (TPSA) is 61.9 Å². The first-order valence-electron chi connectivity index (χ1n) is 10.8. The minimum Gasteiger partial charge on any atom is -0.370 e. The maximum atomic E-state index is 13.5. The predicted molar refractivity (Wildman–Crippen MR) is 126 cm³/mol. The van der Waals surface area contributed by atoms with Crippen molar-refractivity contribution in [2.45, 2.75) is 25.7 Å². The normalized spacial score (nSPS) is 14.1. The highest BCUT2D eigenvalue weighted by atomic mass is 35.5. The van der Waals surface area contributed by atoms with Gasteiger partial charge in [-0.2, -0.15) is 0 Å². The van der Waals surface area contributed by atoms with Crippen LogP contribution in [0.15, 0.2) is 53.5 Å². The third-order valence-corrected chi connectivity index (χ3v) is 6.07. The summed E-state index contributed by atoms with van der Waals surface area (Å²) in [6.45, 7) is 1.82. The maximum Gasteiger partial charge on any atom is 0.258 e. The van der Waals surface area contributed by atoms with Crippen LogP contribution in [0.3, 0.4) is 0 Å². The summed E-state index contributed by atoms with van der Waals surface area (Å²) in [7, 11) is 0. The number of fused-ring (bicyclic) bond motifs is 1. The monoisotopic (exact) mass is 466 g/mol. The Morgan fingerprint density at radius 1 is 1.00 bits per heavy atom. The molecule has 0 bridgehead atoms. The van der Waals surface area contributed by atoms with Crippen molar-refractivity contribution in [2.24, 2.45) is 0 Å². The molecular weight excluding hydrogens is 446 g/mol. The van der Waals surface area contributed by atoms with E-state index < -0.39 is 11.6 Å². The van der Waals surface area contributed by atoms with E-state index in [0.717, 1.165) is 43.2 Å². The van der Waals surface area contributed by atoms with E-state index in [1.54, 1.807) is 18.3 Å². The largest absolute Gasteiger partial charge is 0.370 e. The summed E-state index contributed by atoms with van der Waals surface area (Å²) >= 11 is 6.31. The lowest BCUT2D eigenvalue weighted by Gasteiger charge is -2.29. The van der Waals surface area contributed by atoms with Crippen LogP contribution in [0, 0.1) is 11.6 Å². The van der Waals surface area contributed by atoms with Gasteiger partial charge in [-0.15, -0.1) is 0 Å². The van der Waals surface area contributed by atoms with Crippen molar-refractivity contribution >= 4 is 28.2 Å². The molecule has 1 aliphatic heterocycles. The van der Waals surface area contributed by atoms with Crippen LogP contribution in [0.2, 0.25) is 5.02 Å². The lowest BCUT2D eigenvalue weighted by Crippen LogP contribution is -2.30. The molecule has 33 heavy (non-hydrogen) atoms. The van der Waals surface area contributed by atoms with Crippen molar-refractivity contribution in [1.82, 2.24) is 15.0 Å². The number of anilines is 1. The third-order valence-electron chi connectivity index (χ3n) is 5.86. The van der Waals surface area contributed by atoms with Crippen molar-refractivity contribution in [3.8, 4) is 11.3 Å². The van der Waals surface area contributed by atoms with Gasteiger partial charge >= 0.3 is 0 Å². The number of H-pyrrole nitrogens is 1. The quantitative estimate of drug-likeness (QED) is 0.431. The van der Waals surface area contributed by atoms with Crippen LogP contribution in [0.1, 0.15) is 30.7 Å². The number of piperidine rings is 1. The number of hydrogen-bond acceptors (Lipinski definition) is 4. The van der Waals surface area contributed by atoms with E-state index in [1.165, 1.54) is 18.6 Å². The summed E-state index contributed by atoms with van der Waals surface area (Å²) in [6, 6.07) is 10.3. The Bertz CT molecular complexity index is 1360. The number of benzene rings is 2. The molecule has 2 aromatic carbocycles. The van der Waals surface area contributed by atoms with Gasteiger partial charge in [-0.3, -0.25) is 9.78 Å². The second-order valence-corrected chi connectivity index (χ2v) is 8.70. The average molecular weight is 467 g/mol. The molecule has 2 aromatic heterocycles. The van der Waals surface area contributed by atoms with Crippen molar-refractivity contribution in [2.75, 3.05) is 18.0 Å². The molecule has 0 amide bonds. The Labute approximate surface area is 194 Å². The maximum absolute atomic E-state index is 13.5. The van der Waals surface area contributed by atoms with E-state index >= 15 is 0 Å². The smallest absolute Gasteiger partial charge is 0.258 e.